The maximum Gasteiger partial charge on any atom is 0.335 e. The molecule has 1 amide bonds. The Morgan fingerprint density at radius 1 is 1.40 bits per heavy atom. The minimum absolute atomic E-state index is 0.103. The summed E-state index contributed by atoms with van der Waals surface area (Å²) in [6, 6.07) is 3.46. The van der Waals surface area contributed by atoms with Gasteiger partial charge in [0.1, 0.15) is 5.69 Å². The van der Waals surface area contributed by atoms with Crippen LogP contribution in [0.2, 0.25) is 0 Å². The molecule has 0 saturated heterocycles. The van der Waals surface area contributed by atoms with Gasteiger partial charge in [-0.05, 0) is 18.6 Å². The number of carboxylic acids is 1. The Balaban J connectivity index is 2.81. The van der Waals surface area contributed by atoms with Crippen LogP contribution in [-0.2, 0) is 4.79 Å². The highest BCUT2D eigenvalue weighted by atomic mass is 16.6. The molecule has 0 radical (unpaired) electrons. The normalized spacial score (nSPS) is 9.85. The summed E-state index contributed by atoms with van der Waals surface area (Å²) in [5, 5.41) is 24.9. The number of anilines is 1. The quantitative estimate of drug-likeness (QED) is 0.510. The summed E-state index contributed by atoms with van der Waals surface area (Å²) in [5.74, 6) is -1.54. The van der Waals surface area contributed by atoms with Crippen LogP contribution in [0.25, 0.3) is 0 Å². The summed E-state index contributed by atoms with van der Waals surface area (Å²) in [6.45, 7) is 2.32. The summed E-state index contributed by atoms with van der Waals surface area (Å²) in [4.78, 5) is 32.3. The second kappa shape index (κ2) is 7.07. The van der Waals surface area contributed by atoms with Crippen molar-refractivity contribution in [3.05, 3.63) is 33.9 Å². The van der Waals surface area contributed by atoms with E-state index in [2.05, 4.69) is 10.6 Å². The Morgan fingerprint density at radius 2 is 2.10 bits per heavy atom. The molecule has 8 nitrogen and oxygen atoms in total. The Bertz CT molecular complexity index is 530. The Morgan fingerprint density at radius 3 is 2.65 bits per heavy atom. The molecule has 0 spiro atoms. The van der Waals surface area contributed by atoms with Gasteiger partial charge in [-0.3, -0.25) is 14.9 Å². The van der Waals surface area contributed by atoms with E-state index in [1.807, 2.05) is 6.92 Å². The van der Waals surface area contributed by atoms with Crippen LogP contribution in [0.3, 0.4) is 0 Å². The molecule has 0 saturated carbocycles. The molecule has 3 N–H and O–H groups in total. The Hall–Kier alpha value is -2.64. The van der Waals surface area contributed by atoms with Crippen molar-refractivity contribution in [2.24, 2.45) is 0 Å². The van der Waals surface area contributed by atoms with Crippen LogP contribution in [0, 0.1) is 10.1 Å². The highest BCUT2D eigenvalue weighted by molar-refractivity contribution is 5.90. The number of aromatic carboxylic acids is 1. The molecule has 0 aliphatic rings. The van der Waals surface area contributed by atoms with Crippen LogP contribution in [-0.4, -0.2) is 35.0 Å². The van der Waals surface area contributed by atoms with Crippen LogP contribution in [0.1, 0.15) is 23.7 Å². The highest BCUT2D eigenvalue weighted by Crippen LogP contribution is 2.25. The first-order valence-electron chi connectivity index (χ1n) is 5.98. The molecule has 0 aromatic heterocycles. The lowest BCUT2D eigenvalue weighted by atomic mass is 10.1. The molecule has 8 heteroatoms. The van der Waals surface area contributed by atoms with Gasteiger partial charge in [-0.1, -0.05) is 6.92 Å². The number of amides is 1. The number of nitro groups is 1. The van der Waals surface area contributed by atoms with Gasteiger partial charge in [0.15, 0.2) is 0 Å². The van der Waals surface area contributed by atoms with Crippen molar-refractivity contribution < 1.29 is 19.6 Å². The van der Waals surface area contributed by atoms with Crippen molar-refractivity contribution in [1.82, 2.24) is 5.32 Å². The maximum atomic E-state index is 11.4. The fraction of sp³-hybridized carbons (Fsp3) is 0.333. The molecule has 0 unspecified atom stereocenters. The molecular formula is C12H15N3O5. The third kappa shape index (κ3) is 4.23. The molecule has 1 aromatic carbocycles. The minimum Gasteiger partial charge on any atom is -0.478 e. The lowest BCUT2D eigenvalue weighted by Gasteiger charge is -2.08. The number of carbonyl (C=O) groups is 2. The van der Waals surface area contributed by atoms with Gasteiger partial charge < -0.3 is 15.7 Å². The average molecular weight is 281 g/mol. The summed E-state index contributed by atoms with van der Waals surface area (Å²) in [7, 11) is 0. The highest BCUT2D eigenvalue weighted by Gasteiger charge is 2.17. The summed E-state index contributed by atoms with van der Waals surface area (Å²) in [5.41, 5.74) is -0.461. The predicted octanol–water partition coefficient (Wildman–Crippen LogP) is 1.23. The Kier molecular flexibility index (Phi) is 5.45. The third-order valence-electron chi connectivity index (χ3n) is 2.45. The van der Waals surface area contributed by atoms with Crippen molar-refractivity contribution in [3.63, 3.8) is 0 Å². The van der Waals surface area contributed by atoms with Gasteiger partial charge in [0.05, 0.1) is 17.0 Å². The van der Waals surface area contributed by atoms with Crippen molar-refractivity contribution in [2.45, 2.75) is 13.3 Å². The van der Waals surface area contributed by atoms with E-state index in [-0.39, 0.29) is 29.4 Å². The largest absolute Gasteiger partial charge is 0.478 e. The number of nitro benzene ring substituents is 1. The topological polar surface area (TPSA) is 122 Å². The molecule has 1 rings (SSSR count). The summed E-state index contributed by atoms with van der Waals surface area (Å²) >= 11 is 0. The van der Waals surface area contributed by atoms with Gasteiger partial charge >= 0.3 is 5.97 Å². The van der Waals surface area contributed by atoms with E-state index in [0.29, 0.717) is 6.54 Å². The van der Waals surface area contributed by atoms with Gasteiger partial charge in [-0.15, -0.1) is 0 Å². The molecular weight excluding hydrogens is 266 g/mol. The predicted molar refractivity (Wildman–Crippen MR) is 71.8 cm³/mol. The van der Waals surface area contributed by atoms with Gasteiger partial charge in [0, 0.05) is 12.6 Å². The van der Waals surface area contributed by atoms with Gasteiger partial charge in [0.2, 0.25) is 5.91 Å². The molecule has 0 aliphatic carbocycles. The zero-order chi connectivity index (χ0) is 15.1. The maximum absolute atomic E-state index is 11.4. The second-order valence-corrected chi connectivity index (χ2v) is 4.00. The first-order chi connectivity index (χ1) is 9.45. The molecule has 1 aromatic rings. The van der Waals surface area contributed by atoms with Crippen LogP contribution >= 0.6 is 0 Å². The van der Waals surface area contributed by atoms with E-state index in [0.717, 1.165) is 12.5 Å². The van der Waals surface area contributed by atoms with E-state index in [1.165, 1.54) is 12.1 Å². The number of carbonyl (C=O) groups excluding carboxylic acids is 1. The van der Waals surface area contributed by atoms with Crippen LogP contribution in [0.5, 0.6) is 0 Å². The molecule has 0 bridgehead atoms. The molecule has 108 valence electrons. The molecule has 0 aliphatic heterocycles. The van der Waals surface area contributed by atoms with Gasteiger partial charge in [-0.25, -0.2) is 4.79 Å². The van der Waals surface area contributed by atoms with Crippen molar-refractivity contribution >= 4 is 23.3 Å². The van der Waals surface area contributed by atoms with E-state index in [9.17, 15) is 19.7 Å². The first-order valence-corrected chi connectivity index (χ1v) is 5.98. The number of rotatable bonds is 7. The number of hydrogen-bond acceptors (Lipinski definition) is 5. The lowest BCUT2D eigenvalue weighted by Crippen LogP contribution is -2.30. The Labute approximate surface area is 114 Å². The zero-order valence-corrected chi connectivity index (χ0v) is 10.9. The number of benzene rings is 1. The zero-order valence-electron chi connectivity index (χ0n) is 10.9. The van der Waals surface area contributed by atoms with Crippen LogP contribution in [0.15, 0.2) is 18.2 Å². The first kappa shape index (κ1) is 15.4. The monoisotopic (exact) mass is 281 g/mol. The third-order valence-corrected chi connectivity index (χ3v) is 2.45. The average Bonchev–Trinajstić information content (AvgIpc) is 2.42. The number of nitrogens with zero attached hydrogens (tertiary/aromatic N) is 1. The lowest BCUT2D eigenvalue weighted by molar-refractivity contribution is -0.384. The standard InChI is InChI=1S/C12H15N3O5/c1-2-5-13-11(16)7-14-9-4-3-8(12(17)18)6-10(9)15(19)20/h3-4,6,14H,2,5,7H2,1H3,(H,13,16)(H,17,18). The van der Waals surface area contributed by atoms with E-state index < -0.39 is 10.9 Å². The molecule has 0 fully saturated rings. The van der Waals surface area contributed by atoms with E-state index in [1.54, 1.807) is 0 Å². The smallest absolute Gasteiger partial charge is 0.335 e. The van der Waals surface area contributed by atoms with Crippen molar-refractivity contribution in [2.75, 3.05) is 18.4 Å². The van der Waals surface area contributed by atoms with E-state index in [4.69, 9.17) is 5.11 Å². The van der Waals surface area contributed by atoms with Crippen LogP contribution < -0.4 is 10.6 Å². The molecule has 0 heterocycles. The number of carboxylic acid groups (broad SMARTS) is 1. The fourth-order valence-corrected chi connectivity index (χ4v) is 1.47. The SMILES string of the molecule is CCCNC(=O)CNc1ccc(C(=O)O)cc1[N+](=O)[O-]. The number of nitrogens with one attached hydrogen (secondary N) is 2. The minimum atomic E-state index is -1.25. The van der Waals surface area contributed by atoms with Gasteiger partial charge in [-0.2, -0.15) is 0 Å². The summed E-state index contributed by atoms with van der Waals surface area (Å²) < 4.78 is 0. The molecule has 0 atom stereocenters. The van der Waals surface area contributed by atoms with Crippen LogP contribution in [0.4, 0.5) is 11.4 Å². The fourth-order valence-electron chi connectivity index (χ4n) is 1.47. The number of hydrogen-bond donors (Lipinski definition) is 3. The van der Waals surface area contributed by atoms with E-state index >= 15 is 0 Å². The van der Waals surface area contributed by atoms with Crippen molar-refractivity contribution in [1.29, 1.82) is 0 Å². The summed E-state index contributed by atoms with van der Waals surface area (Å²) in [6.07, 6.45) is 0.791. The second-order valence-electron chi connectivity index (χ2n) is 4.00. The molecule has 20 heavy (non-hydrogen) atoms. The van der Waals surface area contributed by atoms with Gasteiger partial charge in [0.25, 0.3) is 5.69 Å². The van der Waals surface area contributed by atoms with Crippen molar-refractivity contribution in [3.8, 4) is 0 Å².